The van der Waals surface area contributed by atoms with Crippen LogP contribution in [-0.2, 0) is 29.2 Å². The Bertz CT molecular complexity index is 901. The van der Waals surface area contributed by atoms with E-state index in [-0.39, 0.29) is 16.2 Å². The summed E-state index contributed by atoms with van der Waals surface area (Å²) in [5.41, 5.74) is 1.14. The van der Waals surface area contributed by atoms with Crippen molar-refractivity contribution >= 4 is 22.1 Å². The maximum Gasteiger partial charge on any atom is 0.351 e. The fourth-order valence-electron chi connectivity index (χ4n) is 2.13. The van der Waals surface area contributed by atoms with Gasteiger partial charge in [-0.1, -0.05) is 29.8 Å². The van der Waals surface area contributed by atoms with E-state index in [1.54, 1.807) is 12.1 Å². The van der Waals surface area contributed by atoms with Gasteiger partial charge in [0.25, 0.3) is 0 Å². The largest absolute Gasteiger partial charge is 0.466 e. The summed E-state index contributed by atoms with van der Waals surface area (Å²) in [7, 11) is -2.89. The number of hydrogen-bond donors (Lipinski definition) is 0. The van der Waals surface area contributed by atoms with Crippen LogP contribution in [0.15, 0.2) is 53.4 Å². The molecule has 2 aromatic rings. The minimum atomic E-state index is -4.05. The lowest BCUT2D eigenvalue weighted by atomic mass is 10.1. The average molecular weight is 378 g/mol. The molecule has 7 nitrogen and oxygen atoms in total. The molecule has 0 saturated heterocycles. The highest BCUT2D eigenvalue weighted by atomic mass is 32.2. The van der Waals surface area contributed by atoms with Crippen molar-refractivity contribution in [2.75, 3.05) is 7.11 Å². The molecule has 0 spiro atoms. The summed E-state index contributed by atoms with van der Waals surface area (Å²) in [6.45, 7) is 2.99. The van der Waals surface area contributed by atoms with E-state index in [0.29, 0.717) is 0 Å². The van der Waals surface area contributed by atoms with E-state index in [0.717, 1.165) is 19.6 Å². The Morgan fingerprint density at radius 2 is 1.69 bits per heavy atom. The molecule has 0 radical (unpaired) electrons. The van der Waals surface area contributed by atoms with Crippen LogP contribution in [0.3, 0.4) is 0 Å². The fourth-order valence-corrected chi connectivity index (χ4v) is 3.06. The summed E-state index contributed by atoms with van der Waals surface area (Å²) in [6.07, 6.45) is -1.32. The van der Waals surface area contributed by atoms with Crippen LogP contribution < -0.4 is 4.18 Å². The molecule has 26 heavy (non-hydrogen) atoms. The molecule has 0 N–H and O–H groups in total. The molecule has 0 aliphatic rings. The van der Waals surface area contributed by atoms with Gasteiger partial charge in [-0.15, -0.1) is 0 Å². The topological polar surface area (TPSA) is 96.0 Å². The molecule has 2 aromatic carbocycles. The van der Waals surface area contributed by atoms with Crippen molar-refractivity contribution in [1.82, 2.24) is 0 Å². The van der Waals surface area contributed by atoms with E-state index in [1.807, 2.05) is 6.92 Å². The van der Waals surface area contributed by atoms with E-state index in [4.69, 9.17) is 8.92 Å². The van der Waals surface area contributed by atoms with Crippen LogP contribution >= 0.6 is 0 Å². The predicted molar refractivity (Wildman–Crippen MR) is 92.0 cm³/mol. The Morgan fingerprint density at radius 1 is 1.04 bits per heavy atom. The SMILES string of the molecule is COC(=O)C(OC(C)=O)c1cccc(OS(=O)(=O)c2ccc(C)cc2)c1. The molecule has 0 amide bonds. The van der Waals surface area contributed by atoms with Crippen molar-refractivity contribution in [3.05, 3.63) is 59.7 Å². The lowest BCUT2D eigenvalue weighted by Gasteiger charge is -2.16. The number of hydrogen-bond acceptors (Lipinski definition) is 7. The molecule has 0 aromatic heterocycles. The highest BCUT2D eigenvalue weighted by Gasteiger charge is 2.26. The lowest BCUT2D eigenvalue weighted by molar-refractivity contribution is -0.165. The van der Waals surface area contributed by atoms with Crippen LogP contribution in [-0.4, -0.2) is 27.5 Å². The Balaban J connectivity index is 2.31. The van der Waals surface area contributed by atoms with Crippen molar-refractivity contribution in [2.24, 2.45) is 0 Å². The van der Waals surface area contributed by atoms with Gasteiger partial charge in [0.1, 0.15) is 10.6 Å². The maximum absolute atomic E-state index is 12.4. The second-order valence-electron chi connectivity index (χ2n) is 5.44. The van der Waals surface area contributed by atoms with Crippen LogP contribution in [0, 0.1) is 6.92 Å². The van der Waals surface area contributed by atoms with Crippen LogP contribution in [0.1, 0.15) is 24.2 Å². The minimum absolute atomic E-state index is 0.00185. The molecule has 1 atom stereocenters. The van der Waals surface area contributed by atoms with Gasteiger partial charge in [0.05, 0.1) is 7.11 Å². The average Bonchev–Trinajstić information content (AvgIpc) is 2.59. The van der Waals surface area contributed by atoms with E-state index in [9.17, 15) is 18.0 Å². The van der Waals surface area contributed by atoms with Gasteiger partial charge in [0, 0.05) is 12.5 Å². The van der Waals surface area contributed by atoms with Crippen molar-refractivity contribution in [1.29, 1.82) is 0 Å². The molecule has 8 heteroatoms. The van der Waals surface area contributed by atoms with E-state index in [1.165, 1.54) is 36.4 Å². The van der Waals surface area contributed by atoms with Gasteiger partial charge in [0.2, 0.25) is 6.10 Å². The highest BCUT2D eigenvalue weighted by Crippen LogP contribution is 2.26. The van der Waals surface area contributed by atoms with Gasteiger partial charge < -0.3 is 13.7 Å². The summed E-state index contributed by atoms with van der Waals surface area (Å²) in [5.74, 6) is -1.50. The van der Waals surface area contributed by atoms with Crippen molar-refractivity contribution in [3.8, 4) is 5.75 Å². The lowest BCUT2D eigenvalue weighted by Crippen LogP contribution is -2.20. The van der Waals surface area contributed by atoms with Crippen molar-refractivity contribution in [3.63, 3.8) is 0 Å². The summed E-state index contributed by atoms with van der Waals surface area (Å²) in [6, 6.07) is 11.9. The summed E-state index contributed by atoms with van der Waals surface area (Å²) in [4.78, 5) is 23.1. The third-order valence-electron chi connectivity index (χ3n) is 3.38. The third kappa shape index (κ3) is 4.82. The zero-order valence-corrected chi connectivity index (χ0v) is 15.3. The predicted octanol–water partition coefficient (Wildman–Crippen LogP) is 2.54. The minimum Gasteiger partial charge on any atom is -0.466 e. The quantitative estimate of drug-likeness (QED) is 0.563. The van der Waals surface area contributed by atoms with Gasteiger partial charge in [-0.05, 0) is 31.2 Å². The Labute approximate surface area is 151 Å². The van der Waals surface area contributed by atoms with Gasteiger partial charge in [-0.25, -0.2) is 4.79 Å². The number of aryl methyl sites for hydroxylation is 1. The molecule has 0 bridgehead atoms. The molecule has 1 unspecified atom stereocenters. The molecule has 0 aliphatic carbocycles. The zero-order valence-electron chi connectivity index (χ0n) is 14.5. The summed E-state index contributed by atoms with van der Waals surface area (Å²) >= 11 is 0. The van der Waals surface area contributed by atoms with Crippen molar-refractivity contribution in [2.45, 2.75) is 24.8 Å². The maximum atomic E-state index is 12.4. The first-order valence-corrected chi connectivity index (χ1v) is 9.00. The number of carbonyl (C=O) groups excluding carboxylic acids is 2. The Hall–Kier alpha value is -2.87. The molecule has 2 rings (SSSR count). The van der Waals surface area contributed by atoms with Crippen LogP contribution in [0.2, 0.25) is 0 Å². The Morgan fingerprint density at radius 3 is 2.27 bits per heavy atom. The summed E-state index contributed by atoms with van der Waals surface area (Å²) < 4.78 is 39.4. The molecule has 0 aliphatic heterocycles. The fraction of sp³-hybridized carbons (Fsp3) is 0.222. The number of ether oxygens (including phenoxy) is 2. The number of carbonyl (C=O) groups is 2. The molecular weight excluding hydrogens is 360 g/mol. The molecular formula is C18H18O7S. The summed E-state index contributed by atoms with van der Waals surface area (Å²) in [5, 5.41) is 0. The molecule has 138 valence electrons. The first-order valence-electron chi connectivity index (χ1n) is 7.59. The zero-order chi connectivity index (χ0) is 19.3. The number of esters is 2. The molecule has 0 fully saturated rings. The van der Waals surface area contributed by atoms with Gasteiger partial charge in [0.15, 0.2) is 0 Å². The number of rotatable bonds is 6. The third-order valence-corrected chi connectivity index (χ3v) is 4.64. The first kappa shape index (κ1) is 19.5. The molecule has 0 saturated carbocycles. The van der Waals surface area contributed by atoms with E-state index < -0.39 is 28.2 Å². The Kier molecular flexibility index (Phi) is 5.99. The van der Waals surface area contributed by atoms with E-state index in [2.05, 4.69) is 4.74 Å². The standard InChI is InChI=1S/C18H18O7S/c1-12-7-9-16(10-8-12)26(21,22)25-15-6-4-5-14(11-15)17(18(20)23-3)24-13(2)19/h4-11,17H,1-3H3. The van der Waals surface area contributed by atoms with Crippen LogP contribution in [0.25, 0.3) is 0 Å². The van der Waals surface area contributed by atoms with Crippen LogP contribution in [0.4, 0.5) is 0 Å². The van der Waals surface area contributed by atoms with Crippen molar-refractivity contribution < 1.29 is 31.7 Å². The van der Waals surface area contributed by atoms with Gasteiger partial charge in [-0.3, -0.25) is 4.79 Å². The highest BCUT2D eigenvalue weighted by molar-refractivity contribution is 7.87. The second kappa shape index (κ2) is 8.01. The van der Waals surface area contributed by atoms with Crippen LogP contribution in [0.5, 0.6) is 5.75 Å². The number of methoxy groups -OCH3 is 1. The van der Waals surface area contributed by atoms with Gasteiger partial charge in [-0.2, -0.15) is 8.42 Å². The number of benzene rings is 2. The first-order chi connectivity index (χ1) is 12.2. The monoisotopic (exact) mass is 378 g/mol. The van der Waals surface area contributed by atoms with Gasteiger partial charge >= 0.3 is 22.1 Å². The second-order valence-corrected chi connectivity index (χ2v) is 6.98. The molecule has 0 heterocycles. The normalized spacial score (nSPS) is 12.1. The van der Waals surface area contributed by atoms with E-state index >= 15 is 0 Å². The smallest absolute Gasteiger partial charge is 0.351 e.